The smallest absolute Gasteiger partial charge is 0.336 e. The van der Waals surface area contributed by atoms with E-state index in [1.165, 1.54) is 26.4 Å². The second kappa shape index (κ2) is 10.5. The highest BCUT2D eigenvalue weighted by atomic mass is 16.5. The molecule has 9 nitrogen and oxygen atoms in total. The van der Waals surface area contributed by atoms with Gasteiger partial charge in [-0.05, 0) is 18.8 Å². The Morgan fingerprint density at radius 3 is 2.41 bits per heavy atom. The number of nitrogens with two attached hydrogens (primary N) is 1. The highest BCUT2D eigenvalue weighted by molar-refractivity contribution is 6.04. The van der Waals surface area contributed by atoms with Crippen molar-refractivity contribution in [3.05, 3.63) is 40.2 Å². The molecule has 34 heavy (non-hydrogen) atoms. The molecular weight excluding hydrogens is 440 g/mol. The summed E-state index contributed by atoms with van der Waals surface area (Å²) in [5.41, 5.74) is 7.72. The molecule has 1 aliphatic heterocycles. The first-order valence-electron chi connectivity index (χ1n) is 11.3. The van der Waals surface area contributed by atoms with Gasteiger partial charge in [0.2, 0.25) is 0 Å². The van der Waals surface area contributed by atoms with Gasteiger partial charge in [-0.2, -0.15) is 0 Å². The third-order valence-electron chi connectivity index (χ3n) is 5.95. The van der Waals surface area contributed by atoms with Crippen LogP contribution in [0.25, 0.3) is 0 Å². The largest absolute Gasteiger partial charge is 0.508 e. The maximum Gasteiger partial charge on any atom is 0.336 e. The molecule has 0 saturated carbocycles. The molecule has 0 aromatic heterocycles. The fraction of sp³-hybridized carbons (Fsp3) is 0.520. The summed E-state index contributed by atoms with van der Waals surface area (Å²) in [6.07, 6.45) is 0.922. The molecule has 1 unspecified atom stereocenters. The van der Waals surface area contributed by atoms with E-state index in [1.54, 1.807) is 6.92 Å². The average molecular weight is 475 g/mol. The van der Waals surface area contributed by atoms with E-state index in [0.717, 1.165) is 5.70 Å². The summed E-state index contributed by atoms with van der Waals surface area (Å²) in [6.45, 7) is 6.64. The zero-order valence-corrected chi connectivity index (χ0v) is 20.4. The monoisotopic (exact) mass is 474 g/mol. The Hall–Kier alpha value is -3.04. The number of ether oxygens (including phenoxy) is 4. The number of hydrogen-bond donors (Lipinski definition) is 3. The molecule has 1 aromatic rings. The first-order chi connectivity index (χ1) is 16.2. The lowest BCUT2D eigenvalue weighted by molar-refractivity contribution is -0.139. The number of phenols is 1. The summed E-state index contributed by atoms with van der Waals surface area (Å²) >= 11 is 0. The number of aromatic hydroxyl groups is 1. The number of Topliss-reactive ketones (excluding diaryl/α,β-unsaturated/α-hetero) is 1. The third kappa shape index (κ3) is 5.05. The highest BCUT2D eigenvalue weighted by Crippen LogP contribution is 2.51. The van der Waals surface area contributed by atoms with E-state index in [1.807, 2.05) is 13.8 Å². The molecule has 0 amide bonds. The molecule has 0 saturated heterocycles. The lowest BCUT2D eigenvalue weighted by atomic mass is 9.68. The lowest BCUT2D eigenvalue weighted by Crippen LogP contribution is -2.40. The molecule has 4 N–H and O–H groups in total. The Morgan fingerprint density at radius 1 is 1.21 bits per heavy atom. The number of allylic oxidation sites excluding steroid dienone is 2. The molecule has 0 radical (unpaired) electrons. The lowest BCUT2D eigenvalue weighted by Gasteiger charge is -2.40. The number of carbonyl (C=O) groups excluding carboxylic acids is 2. The third-order valence-corrected chi connectivity index (χ3v) is 5.95. The van der Waals surface area contributed by atoms with Crippen LogP contribution in [0, 0.1) is 5.41 Å². The van der Waals surface area contributed by atoms with Crippen molar-refractivity contribution < 1.29 is 33.6 Å². The quantitative estimate of drug-likeness (QED) is 0.365. The van der Waals surface area contributed by atoms with Crippen LogP contribution in [0.2, 0.25) is 0 Å². The van der Waals surface area contributed by atoms with Gasteiger partial charge in [0, 0.05) is 41.9 Å². The van der Waals surface area contributed by atoms with E-state index >= 15 is 0 Å². The standard InChI is InChI=1S/C25H34N2O7/c1-6-34-24(30)21-16(13-33-8-7-26)27-15-11-25(2,3)12-17(29)20(15)23(21)22-18(31-4)9-14(28)10-19(22)32-5/h9-10,23,27-28H,6-8,11-13,26H2,1-5H3. The minimum atomic E-state index is -0.833. The first-order valence-corrected chi connectivity index (χ1v) is 11.3. The van der Waals surface area contributed by atoms with Gasteiger partial charge in [0.25, 0.3) is 0 Å². The highest BCUT2D eigenvalue weighted by Gasteiger charge is 2.45. The van der Waals surface area contributed by atoms with Crippen LogP contribution in [0.4, 0.5) is 0 Å². The summed E-state index contributed by atoms with van der Waals surface area (Å²) in [7, 11) is 2.91. The number of hydrogen-bond acceptors (Lipinski definition) is 9. The number of dihydropyridines is 1. The number of nitrogens with one attached hydrogen (secondary N) is 1. The van der Waals surface area contributed by atoms with Crippen LogP contribution in [-0.2, 0) is 19.1 Å². The summed E-state index contributed by atoms with van der Waals surface area (Å²) in [5.74, 6) is -0.974. The van der Waals surface area contributed by atoms with Crippen LogP contribution < -0.4 is 20.5 Å². The topological polar surface area (TPSA) is 129 Å². The van der Waals surface area contributed by atoms with Crippen molar-refractivity contribution in [1.29, 1.82) is 0 Å². The first kappa shape index (κ1) is 25.6. The van der Waals surface area contributed by atoms with Crippen LogP contribution in [0.1, 0.15) is 45.1 Å². The van der Waals surface area contributed by atoms with Gasteiger partial charge in [-0.1, -0.05) is 13.8 Å². The minimum Gasteiger partial charge on any atom is -0.508 e. The average Bonchev–Trinajstić information content (AvgIpc) is 2.76. The molecule has 9 heteroatoms. The number of rotatable bonds is 9. The van der Waals surface area contributed by atoms with Crippen LogP contribution in [0.3, 0.4) is 0 Å². The van der Waals surface area contributed by atoms with Crippen LogP contribution >= 0.6 is 0 Å². The molecular formula is C25H34N2O7. The number of carbonyl (C=O) groups is 2. The van der Waals surface area contributed by atoms with Gasteiger partial charge in [0.05, 0.1) is 51.2 Å². The minimum absolute atomic E-state index is 0.0649. The Bertz CT molecular complexity index is 1000. The van der Waals surface area contributed by atoms with Gasteiger partial charge in [-0.25, -0.2) is 4.79 Å². The fourth-order valence-corrected chi connectivity index (χ4v) is 4.67. The molecule has 1 aromatic carbocycles. The van der Waals surface area contributed by atoms with Crippen LogP contribution in [0.15, 0.2) is 34.7 Å². The number of ketones is 1. The van der Waals surface area contributed by atoms with E-state index in [4.69, 9.17) is 24.7 Å². The normalized spacial score (nSPS) is 19.5. The summed E-state index contributed by atoms with van der Waals surface area (Å²) in [6, 6.07) is 2.87. The Morgan fingerprint density at radius 2 is 1.85 bits per heavy atom. The molecule has 2 aliphatic rings. The maximum atomic E-state index is 13.5. The van der Waals surface area contributed by atoms with Crippen molar-refractivity contribution in [2.45, 2.75) is 39.5 Å². The number of phenolic OH excluding ortho intramolecular Hbond substituents is 1. The van der Waals surface area contributed by atoms with Crippen LogP contribution in [-0.4, -0.2) is 57.4 Å². The molecule has 3 rings (SSSR count). The second-order valence-corrected chi connectivity index (χ2v) is 9.11. The molecule has 0 spiro atoms. The number of methoxy groups -OCH3 is 2. The molecule has 0 fully saturated rings. The Labute approximate surface area is 199 Å². The molecule has 1 aliphatic carbocycles. The molecule has 0 bridgehead atoms. The van der Waals surface area contributed by atoms with Crippen molar-refractivity contribution in [1.82, 2.24) is 5.32 Å². The van der Waals surface area contributed by atoms with Gasteiger partial charge in [-0.3, -0.25) is 4.79 Å². The summed E-state index contributed by atoms with van der Waals surface area (Å²) in [5, 5.41) is 13.5. The van der Waals surface area contributed by atoms with E-state index in [-0.39, 0.29) is 47.2 Å². The predicted molar refractivity (Wildman–Crippen MR) is 126 cm³/mol. The van der Waals surface area contributed by atoms with E-state index in [2.05, 4.69) is 5.32 Å². The van der Waals surface area contributed by atoms with Crippen molar-refractivity contribution in [3.8, 4) is 17.2 Å². The predicted octanol–water partition coefficient (Wildman–Crippen LogP) is 2.53. The van der Waals surface area contributed by atoms with E-state index in [9.17, 15) is 14.7 Å². The second-order valence-electron chi connectivity index (χ2n) is 9.11. The van der Waals surface area contributed by atoms with Crippen molar-refractivity contribution in [2.24, 2.45) is 11.1 Å². The van der Waals surface area contributed by atoms with Crippen molar-refractivity contribution in [3.63, 3.8) is 0 Å². The van der Waals surface area contributed by atoms with E-state index < -0.39 is 11.9 Å². The van der Waals surface area contributed by atoms with Crippen molar-refractivity contribution in [2.75, 3.05) is 40.6 Å². The zero-order valence-electron chi connectivity index (χ0n) is 20.4. The summed E-state index contributed by atoms with van der Waals surface area (Å²) < 4.78 is 22.3. The SMILES string of the molecule is CCOC(=O)C1=C(COCCN)NC2=C(C(=O)CC(C)(C)C2)C1c1c(OC)cc(O)cc1OC. The molecule has 1 heterocycles. The van der Waals surface area contributed by atoms with Gasteiger partial charge < -0.3 is 35.1 Å². The van der Waals surface area contributed by atoms with Crippen molar-refractivity contribution >= 4 is 11.8 Å². The number of esters is 1. The van der Waals surface area contributed by atoms with Crippen LogP contribution in [0.5, 0.6) is 17.2 Å². The number of benzene rings is 1. The maximum absolute atomic E-state index is 13.5. The fourth-order valence-electron chi connectivity index (χ4n) is 4.67. The van der Waals surface area contributed by atoms with Gasteiger partial charge >= 0.3 is 5.97 Å². The molecule has 1 atom stereocenters. The summed E-state index contributed by atoms with van der Waals surface area (Å²) in [4.78, 5) is 26.9. The zero-order chi connectivity index (χ0) is 25.0. The van der Waals surface area contributed by atoms with Gasteiger partial charge in [0.15, 0.2) is 5.78 Å². The van der Waals surface area contributed by atoms with Gasteiger partial charge in [0.1, 0.15) is 17.2 Å². The molecule has 186 valence electrons. The Balaban J connectivity index is 2.33. The van der Waals surface area contributed by atoms with E-state index in [0.29, 0.717) is 42.8 Å². The Kier molecular flexibility index (Phi) is 7.89. The van der Waals surface area contributed by atoms with Gasteiger partial charge in [-0.15, -0.1) is 0 Å².